The lowest BCUT2D eigenvalue weighted by molar-refractivity contribution is -0.139. The van der Waals surface area contributed by atoms with Crippen molar-refractivity contribution in [2.75, 3.05) is 19.6 Å². The van der Waals surface area contributed by atoms with E-state index in [2.05, 4.69) is 0 Å². The topological polar surface area (TPSA) is 38.5 Å². The molecule has 1 aliphatic rings. The van der Waals surface area contributed by atoms with E-state index < -0.39 is 17.8 Å². The van der Waals surface area contributed by atoms with Gasteiger partial charge in [-0.3, -0.25) is 4.90 Å². The highest BCUT2D eigenvalue weighted by atomic mass is 19.4. The minimum Gasteiger partial charge on any atom is -0.373 e. The molecule has 3 nitrogen and oxygen atoms in total. The first kappa shape index (κ1) is 16.3. The summed E-state index contributed by atoms with van der Waals surface area (Å²) >= 11 is 0. The maximum Gasteiger partial charge on any atom is 0.416 e. The predicted octanol–water partition coefficient (Wildman–Crippen LogP) is 2.81. The van der Waals surface area contributed by atoms with E-state index >= 15 is 0 Å². The maximum absolute atomic E-state index is 13.2. The van der Waals surface area contributed by atoms with Crippen molar-refractivity contribution in [3.8, 4) is 0 Å². The summed E-state index contributed by atoms with van der Waals surface area (Å²) in [6.45, 7) is 5.15. The first-order valence-corrected chi connectivity index (χ1v) is 7.08. The van der Waals surface area contributed by atoms with E-state index in [-0.39, 0.29) is 24.3 Å². The number of hydrogen-bond donors (Lipinski definition) is 1. The van der Waals surface area contributed by atoms with Crippen LogP contribution >= 0.6 is 0 Å². The van der Waals surface area contributed by atoms with E-state index in [4.69, 9.17) is 10.5 Å². The zero-order valence-corrected chi connectivity index (χ0v) is 12.2. The number of morpholine rings is 1. The van der Waals surface area contributed by atoms with Crippen molar-refractivity contribution < 1.29 is 17.9 Å². The smallest absolute Gasteiger partial charge is 0.373 e. The van der Waals surface area contributed by atoms with Crippen LogP contribution in [-0.4, -0.2) is 36.7 Å². The van der Waals surface area contributed by atoms with Crippen molar-refractivity contribution >= 4 is 0 Å². The van der Waals surface area contributed by atoms with Gasteiger partial charge in [-0.1, -0.05) is 18.2 Å². The maximum atomic E-state index is 13.2. The van der Waals surface area contributed by atoms with Gasteiger partial charge in [0.15, 0.2) is 0 Å². The van der Waals surface area contributed by atoms with Crippen LogP contribution in [0.15, 0.2) is 24.3 Å². The molecule has 6 heteroatoms. The summed E-state index contributed by atoms with van der Waals surface area (Å²) in [6.07, 6.45) is -4.39. The number of rotatable bonds is 3. The van der Waals surface area contributed by atoms with Crippen LogP contribution in [0.5, 0.6) is 0 Å². The van der Waals surface area contributed by atoms with Crippen molar-refractivity contribution in [3.05, 3.63) is 35.4 Å². The molecule has 21 heavy (non-hydrogen) atoms. The van der Waals surface area contributed by atoms with Crippen molar-refractivity contribution in [3.63, 3.8) is 0 Å². The third-order valence-electron chi connectivity index (χ3n) is 3.74. The highest BCUT2D eigenvalue weighted by Crippen LogP contribution is 2.36. The van der Waals surface area contributed by atoms with Gasteiger partial charge in [0.05, 0.1) is 17.8 Å². The van der Waals surface area contributed by atoms with Gasteiger partial charge in [0, 0.05) is 25.7 Å². The fourth-order valence-electron chi connectivity index (χ4n) is 2.99. The Morgan fingerprint density at radius 1 is 1.24 bits per heavy atom. The normalized spacial score (nSPS) is 25.8. The van der Waals surface area contributed by atoms with Crippen molar-refractivity contribution in [1.29, 1.82) is 0 Å². The van der Waals surface area contributed by atoms with Gasteiger partial charge in [0.25, 0.3) is 0 Å². The summed E-state index contributed by atoms with van der Waals surface area (Å²) < 4.78 is 45.2. The third kappa shape index (κ3) is 3.75. The van der Waals surface area contributed by atoms with Crippen LogP contribution in [0.1, 0.15) is 31.0 Å². The summed E-state index contributed by atoms with van der Waals surface area (Å²) in [5.74, 6) is 0. The number of benzene rings is 1. The molecule has 0 aliphatic carbocycles. The molecule has 0 amide bonds. The molecule has 1 heterocycles. The number of ether oxygens (including phenoxy) is 1. The van der Waals surface area contributed by atoms with Crippen LogP contribution in [0.3, 0.4) is 0 Å². The predicted molar refractivity (Wildman–Crippen MR) is 74.8 cm³/mol. The molecular weight excluding hydrogens is 281 g/mol. The Balaban J connectivity index is 2.34. The minimum atomic E-state index is -4.37. The summed E-state index contributed by atoms with van der Waals surface area (Å²) in [5.41, 5.74) is 5.43. The average Bonchev–Trinajstić information content (AvgIpc) is 2.38. The first-order chi connectivity index (χ1) is 9.82. The van der Waals surface area contributed by atoms with Gasteiger partial charge in [0.1, 0.15) is 0 Å². The minimum absolute atomic E-state index is 0.0131. The summed E-state index contributed by atoms with van der Waals surface area (Å²) in [4.78, 5) is 1.99. The molecule has 1 aromatic carbocycles. The molecule has 0 spiro atoms. The van der Waals surface area contributed by atoms with E-state index in [1.807, 2.05) is 18.7 Å². The Hall–Kier alpha value is -1.11. The largest absolute Gasteiger partial charge is 0.416 e. The van der Waals surface area contributed by atoms with Gasteiger partial charge < -0.3 is 10.5 Å². The first-order valence-electron chi connectivity index (χ1n) is 7.08. The molecule has 1 fully saturated rings. The van der Waals surface area contributed by atoms with Gasteiger partial charge in [-0.15, -0.1) is 0 Å². The Morgan fingerprint density at radius 2 is 1.81 bits per heavy atom. The van der Waals surface area contributed by atoms with Crippen LogP contribution in [0.25, 0.3) is 0 Å². The zero-order valence-electron chi connectivity index (χ0n) is 12.2. The average molecular weight is 302 g/mol. The molecule has 0 saturated carbocycles. The molecule has 0 radical (unpaired) electrons. The molecule has 1 aromatic rings. The highest BCUT2D eigenvalue weighted by molar-refractivity contribution is 5.33. The number of halogens is 3. The molecule has 1 aliphatic heterocycles. The quantitative estimate of drug-likeness (QED) is 0.933. The second-order valence-corrected chi connectivity index (χ2v) is 5.55. The van der Waals surface area contributed by atoms with E-state index in [1.165, 1.54) is 12.1 Å². The van der Waals surface area contributed by atoms with Gasteiger partial charge in [-0.2, -0.15) is 13.2 Å². The number of nitrogens with two attached hydrogens (primary N) is 1. The van der Waals surface area contributed by atoms with Gasteiger partial charge in [-0.05, 0) is 25.5 Å². The Labute approximate surface area is 122 Å². The lowest BCUT2D eigenvalue weighted by Crippen LogP contribution is -2.48. The van der Waals surface area contributed by atoms with E-state index in [0.717, 1.165) is 6.07 Å². The van der Waals surface area contributed by atoms with E-state index in [0.29, 0.717) is 13.1 Å². The summed E-state index contributed by atoms with van der Waals surface area (Å²) in [5, 5.41) is 0. The highest BCUT2D eigenvalue weighted by Gasteiger charge is 2.37. The van der Waals surface area contributed by atoms with Crippen LogP contribution < -0.4 is 5.73 Å². The molecule has 0 unspecified atom stereocenters. The van der Waals surface area contributed by atoms with Crippen LogP contribution in [-0.2, 0) is 10.9 Å². The van der Waals surface area contributed by atoms with E-state index in [9.17, 15) is 13.2 Å². The second-order valence-electron chi connectivity index (χ2n) is 5.55. The molecule has 3 atom stereocenters. The fraction of sp³-hybridized carbons (Fsp3) is 0.600. The van der Waals surface area contributed by atoms with Crippen LogP contribution in [0, 0.1) is 0 Å². The van der Waals surface area contributed by atoms with Crippen molar-refractivity contribution in [2.45, 2.75) is 38.3 Å². The Kier molecular flexibility index (Phi) is 4.91. The van der Waals surface area contributed by atoms with Crippen molar-refractivity contribution in [2.24, 2.45) is 5.73 Å². The molecular formula is C15H21F3N2O. The van der Waals surface area contributed by atoms with Gasteiger partial charge in [0.2, 0.25) is 0 Å². The molecule has 2 rings (SSSR count). The van der Waals surface area contributed by atoms with Crippen LogP contribution in [0.4, 0.5) is 13.2 Å². The summed E-state index contributed by atoms with van der Waals surface area (Å²) in [7, 11) is 0. The summed E-state index contributed by atoms with van der Waals surface area (Å²) in [6, 6.07) is 5.22. The standard InChI is InChI=1S/C15H21F3N2O/c1-10-8-20(9-11(2)21-10)14(7-19)12-5-3-4-6-13(12)15(16,17)18/h3-6,10-11,14H,7-9,19H2,1-2H3/t10-,11-,14-/m1/s1. The van der Waals surface area contributed by atoms with Gasteiger partial charge in [-0.25, -0.2) is 0 Å². The fourth-order valence-corrected chi connectivity index (χ4v) is 2.99. The molecule has 0 aromatic heterocycles. The molecule has 1 saturated heterocycles. The molecule has 2 N–H and O–H groups in total. The zero-order chi connectivity index (χ0) is 15.6. The Bertz CT molecular complexity index is 468. The van der Waals surface area contributed by atoms with Crippen LogP contribution in [0.2, 0.25) is 0 Å². The SMILES string of the molecule is C[C@@H]1CN([C@H](CN)c2ccccc2C(F)(F)F)C[C@@H](C)O1. The number of nitrogens with zero attached hydrogens (tertiary/aromatic N) is 1. The van der Waals surface area contributed by atoms with Gasteiger partial charge >= 0.3 is 6.18 Å². The molecule has 0 bridgehead atoms. The molecule has 118 valence electrons. The Morgan fingerprint density at radius 3 is 2.33 bits per heavy atom. The number of hydrogen-bond acceptors (Lipinski definition) is 3. The van der Waals surface area contributed by atoms with E-state index in [1.54, 1.807) is 6.07 Å². The second kappa shape index (κ2) is 6.34. The monoisotopic (exact) mass is 302 g/mol. The number of alkyl halides is 3. The lowest BCUT2D eigenvalue weighted by atomic mass is 9.97. The van der Waals surface area contributed by atoms with Crippen molar-refractivity contribution in [1.82, 2.24) is 4.90 Å². The lowest BCUT2D eigenvalue weighted by Gasteiger charge is -2.40. The third-order valence-corrected chi connectivity index (χ3v) is 3.74.